The van der Waals surface area contributed by atoms with Gasteiger partial charge in [0, 0.05) is 32.5 Å². The Kier molecular flexibility index (Phi) is 8.62. The topological polar surface area (TPSA) is 75.4 Å². The highest BCUT2D eigenvalue weighted by Crippen LogP contribution is 2.24. The number of hydrogen-bond donors (Lipinski definition) is 1. The Bertz CT molecular complexity index is 867. The van der Waals surface area contributed by atoms with E-state index < -0.39 is 0 Å². The molecule has 0 radical (unpaired) electrons. The van der Waals surface area contributed by atoms with Gasteiger partial charge in [0.25, 0.3) is 0 Å². The average Bonchev–Trinajstić information content (AvgIpc) is 3.26. The van der Waals surface area contributed by atoms with Gasteiger partial charge in [-0.05, 0) is 31.4 Å². The summed E-state index contributed by atoms with van der Waals surface area (Å²) >= 11 is 0. The minimum absolute atomic E-state index is 0.00825. The van der Waals surface area contributed by atoms with E-state index >= 15 is 0 Å². The maximum absolute atomic E-state index is 13.9. The molecule has 7 heteroatoms. The molecule has 0 saturated carbocycles. The highest BCUT2D eigenvalue weighted by Gasteiger charge is 2.28. The molecule has 2 heterocycles. The van der Waals surface area contributed by atoms with E-state index in [-0.39, 0.29) is 30.0 Å². The predicted octanol–water partition coefficient (Wildman–Crippen LogP) is 4.35. The smallest absolute Gasteiger partial charge is 0.224 e. The number of nitrogens with one attached hydrogen (secondary N) is 1. The summed E-state index contributed by atoms with van der Waals surface area (Å²) in [6.45, 7) is 4.00. The van der Waals surface area contributed by atoms with Crippen LogP contribution in [0, 0.1) is 11.7 Å². The zero-order valence-corrected chi connectivity index (χ0v) is 18.2. The van der Waals surface area contributed by atoms with E-state index in [1.54, 1.807) is 23.1 Å². The maximum atomic E-state index is 13.9. The van der Waals surface area contributed by atoms with Crippen LogP contribution in [0.25, 0.3) is 11.3 Å². The monoisotopic (exact) mass is 429 g/mol. The second kappa shape index (κ2) is 11.6. The second-order valence-electron chi connectivity index (χ2n) is 8.13. The van der Waals surface area contributed by atoms with Gasteiger partial charge in [0.2, 0.25) is 11.8 Å². The molecule has 1 fully saturated rings. The summed E-state index contributed by atoms with van der Waals surface area (Å²) in [5.74, 6) is 0.295. The number of oxazole rings is 1. The average molecular weight is 430 g/mol. The van der Waals surface area contributed by atoms with E-state index in [4.69, 9.17) is 4.42 Å². The van der Waals surface area contributed by atoms with Crippen molar-refractivity contribution < 1.29 is 18.4 Å². The summed E-state index contributed by atoms with van der Waals surface area (Å²) in [7, 11) is 0. The van der Waals surface area contributed by atoms with E-state index in [2.05, 4.69) is 17.2 Å². The number of halogens is 1. The third-order valence-electron chi connectivity index (χ3n) is 5.72. The van der Waals surface area contributed by atoms with Crippen LogP contribution in [0.4, 0.5) is 4.39 Å². The molecule has 1 unspecified atom stereocenters. The summed E-state index contributed by atoms with van der Waals surface area (Å²) in [6.07, 6.45) is 8.22. The van der Waals surface area contributed by atoms with E-state index in [1.165, 1.54) is 25.1 Å². The highest BCUT2D eigenvalue weighted by atomic mass is 19.1. The fourth-order valence-corrected chi connectivity index (χ4v) is 3.91. The Labute approximate surface area is 183 Å². The van der Waals surface area contributed by atoms with Gasteiger partial charge in [-0.15, -0.1) is 0 Å². The van der Waals surface area contributed by atoms with Crippen LogP contribution < -0.4 is 5.32 Å². The molecule has 6 nitrogen and oxygen atoms in total. The molecule has 0 bridgehead atoms. The lowest BCUT2D eigenvalue weighted by atomic mass is 9.96. The quantitative estimate of drug-likeness (QED) is 0.570. The summed E-state index contributed by atoms with van der Waals surface area (Å²) < 4.78 is 19.5. The molecule has 1 atom stereocenters. The number of piperidine rings is 1. The first kappa shape index (κ1) is 23.0. The molecule has 1 aromatic carbocycles. The van der Waals surface area contributed by atoms with Crippen molar-refractivity contribution in [2.75, 3.05) is 19.6 Å². The molecule has 1 aromatic heterocycles. The Morgan fingerprint density at radius 2 is 2.10 bits per heavy atom. The maximum Gasteiger partial charge on any atom is 0.224 e. The number of aryl methyl sites for hydroxylation is 1. The van der Waals surface area contributed by atoms with Crippen LogP contribution in [0.3, 0.4) is 0 Å². The van der Waals surface area contributed by atoms with Gasteiger partial charge in [0.15, 0.2) is 11.7 Å². The number of carbonyl (C=O) groups excluding carboxylic acids is 2. The lowest BCUT2D eigenvalue weighted by Gasteiger charge is -2.32. The van der Waals surface area contributed by atoms with Crippen LogP contribution in [0.2, 0.25) is 0 Å². The number of rotatable bonds is 10. The molecule has 168 valence electrons. The van der Waals surface area contributed by atoms with Gasteiger partial charge in [0.05, 0.1) is 17.7 Å². The predicted molar refractivity (Wildman–Crippen MR) is 117 cm³/mol. The van der Waals surface area contributed by atoms with Gasteiger partial charge in [-0.1, -0.05) is 38.3 Å². The molecule has 2 amide bonds. The van der Waals surface area contributed by atoms with Crippen LogP contribution in [-0.2, 0) is 16.0 Å². The van der Waals surface area contributed by atoms with E-state index in [1.807, 2.05) is 0 Å². The first-order valence-corrected chi connectivity index (χ1v) is 11.3. The zero-order chi connectivity index (χ0) is 22.1. The lowest BCUT2D eigenvalue weighted by Crippen LogP contribution is -2.45. The van der Waals surface area contributed by atoms with Crippen LogP contribution in [-0.4, -0.2) is 41.3 Å². The van der Waals surface area contributed by atoms with E-state index in [9.17, 15) is 14.0 Å². The van der Waals surface area contributed by atoms with E-state index in [0.717, 1.165) is 25.7 Å². The molecule has 1 N–H and O–H groups in total. The van der Waals surface area contributed by atoms with Crippen LogP contribution in [0.5, 0.6) is 0 Å². The van der Waals surface area contributed by atoms with Crippen LogP contribution in [0.15, 0.2) is 34.9 Å². The normalized spacial score (nSPS) is 16.3. The third-order valence-corrected chi connectivity index (χ3v) is 5.72. The summed E-state index contributed by atoms with van der Waals surface area (Å²) in [5.41, 5.74) is 0.354. The summed E-state index contributed by atoms with van der Waals surface area (Å²) in [5, 5.41) is 3.02. The van der Waals surface area contributed by atoms with Crippen molar-refractivity contribution in [3.05, 3.63) is 42.2 Å². The molecule has 31 heavy (non-hydrogen) atoms. The Hall–Kier alpha value is -2.70. The first-order valence-electron chi connectivity index (χ1n) is 11.3. The van der Waals surface area contributed by atoms with Crippen LogP contribution in [0.1, 0.15) is 57.8 Å². The molecule has 1 aliphatic rings. The van der Waals surface area contributed by atoms with Gasteiger partial charge in [-0.3, -0.25) is 9.59 Å². The van der Waals surface area contributed by atoms with Crippen molar-refractivity contribution in [2.45, 2.75) is 58.3 Å². The highest BCUT2D eigenvalue weighted by molar-refractivity contribution is 5.81. The number of carbonyl (C=O) groups is 2. The van der Waals surface area contributed by atoms with Crippen molar-refractivity contribution >= 4 is 11.8 Å². The van der Waals surface area contributed by atoms with Crippen LogP contribution >= 0.6 is 0 Å². The molecule has 0 spiro atoms. The Morgan fingerprint density at radius 3 is 2.90 bits per heavy atom. The molecular formula is C24H32FN3O3. The molecule has 3 rings (SSSR count). The third kappa shape index (κ3) is 6.64. The molecule has 1 aliphatic heterocycles. The van der Waals surface area contributed by atoms with Gasteiger partial charge in [-0.2, -0.15) is 0 Å². The number of likely N-dealkylation sites (tertiary alicyclic amines) is 1. The van der Waals surface area contributed by atoms with Crippen molar-refractivity contribution in [3.63, 3.8) is 0 Å². The lowest BCUT2D eigenvalue weighted by molar-refractivity contribution is -0.135. The molecule has 0 aliphatic carbocycles. The minimum atomic E-state index is -0.371. The number of aromatic nitrogens is 1. The second-order valence-corrected chi connectivity index (χ2v) is 8.13. The number of unbranched alkanes of at least 4 members (excludes halogenated alkanes) is 3. The summed E-state index contributed by atoms with van der Waals surface area (Å²) in [6, 6.07) is 6.36. The molecular weight excluding hydrogens is 397 g/mol. The number of amides is 2. The fourth-order valence-electron chi connectivity index (χ4n) is 3.91. The SMILES string of the molecule is CCCCCCNC(=O)C1CCCN(C(=O)CCc2ncc(-c3ccccc3F)o2)C1. The number of nitrogens with zero attached hydrogens (tertiary/aromatic N) is 2. The number of benzene rings is 1. The van der Waals surface area contributed by atoms with Crippen molar-refractivity contribution in [2.24, 2.45) is 5.92 Å². The first-order chi connectivity index (χ1) is 15.1. The van der Waals surface area contributed by atoms with Gasteiger partial charge in [-0.25, -0.2) is 9.37 Å². The largest absolute Gasteiger partial charge is 0.441 e. The van der Waals surface area contributed by atoms with Crippen molar-refractivity contribution in [1.29, 1.82) is 0 Å². The van der Waals surface area contributed by atoms with Gasteiger partial charge in [0.1, 0.15) is 5.82 Å². The fraction of sp³-hybridized carbons (Fsp3) is 0.542. The summed E-state index contributed by atoms with van der Waals surface area (Å²) in [4.78, 5) is 31.1. The van der Waals surface area contributed by atoms with E-state index in [0.29, 0.717) is 43.3 Å². The van der Waals surface area contributed by atoms with Gasteiger partial charge < -0.3 is 14.6 Å². The number of hydrogen-bond acceptors (Lipinski definition) is 4. The Balaban J connectivity index is 1.45. The standard InChI is InChI=1S/C24H32FN3O3/c1-2-3-4-7-14-26-24(30)18-9-8-15-28(17-18)23(29)13-12-22-27-16-21(31-22)19-10-5-6-11-20(19)25/h5-6,10-11,16,18H,2-4,7-9,12-15,17H2,1H3,(H,26,30). The zero-order valence-electron chi connectivity index (χ0n) is 18.2. The minimum Gasteiger partial charge on any atom is -0.441 e. The van der Waals surface area contributed by atoms with Crippen molar-refractivity contribution in [1.82, 2.24) is 15.2 Å². The van der Waals surface area contributed by atoms with Crippen molar-refractivity contribution in [3.8, 4) is 11.3 Å². The Morgan fingerprint density at radius 1 is 1.26 bits per heavy atom. The molecule has 1 saturated heterocycles. The van der Waals surface area contributed by atoms with Gasteiger partial charge >= 0.3 is 0 Å². The molecule has 2 aromatic rings.